The third-order valence-corrected chi connectivity index (χ3v) is 1.62. The van der Waals surface area contributed by atoms with E-state index in [0.29, 0.717) is 18.8 Å². The van der Waals surface area contributed by atoms with Crippen molar-refractivity contribution in [1.82, 2.24) is 5.32 Å². The standard InChI is InChI=1S/C5H12FNOS/c1-9(8)5-4-7-3-2-6/h7H,2-5H2,1H3. The summed E-state index contributed by atoms with van der Waals surface area (Å²) in [5.41, 5.74) is 0. The molecule has 0 spiro atoms. The van der Waals surface area contributed by atoms with Crippen molar-refractivity contribution in [2.45, 2.75) is 0 Å². The Bertz CT molecular complexity index is 89.0. The summed E-state index contributed by atoms with van der Waals surface area (Å²) < 4.78 is 21.8. The number of halogens is 1. The van der Waals surface area contributed by atoms with Gasteiger partial charge in [0.15, 0.2) is 0 Å². The van der Waals surface area contributed by atoms with Gasteiger partial charge in [0, 0.05) is 35.9 Å². The summed E-state index contributed by atoms with van der Waals surface area (Å²) in [7, 11) is -0.754. The van der Waals surface area contributed by atoms with Crippen LogP contribution in [0, 0.1) is 0 Å². The third-order valence-electron chi connectivity index (χ3n) is 0.838. The summed E-state index contributed by atoms with van der Waals surface area (Å²) in [6, 6.07) is 0. The van der Waals surface area contributed by atoms with Gasteiger partial charge in [-0.25, -0.2) is 4.39 Å². The van der Waals surface area contributed by atoms with E-state index in [1.807, 2.05) is 0 Å². The molecule has 0 aliphatic heterocycles. The lowest BCUT2D eigenvalue weighted by atomic mass is 10.6. The average Bonchev–Trinajstić information content (AvgIpc) is 1.80. The highest BCUT2D eigenvalue weighted by molar-refractivity contribution is 7.84. The predicted octanol–water partition coefficient (Wildman–Crippen LogP) is -0.0760. The molecule has 1 unspecified atom stereocenters. The number of nitrogens with one attached hydrogen (secondary N) is 1. The Morgan fingerprint density at radius 1 is 1.56 bits per heavy atom. The van der Waals surface area contributed by atoms with Crippen LogP contribution >= 0.6 is 0 Å². The Hall–Kier alpha value is 0.0400. The highest BCUT2D eigenvalue weighted by atomic mass is 32.2. The first kappa shape index (κ1) is 9.04. The fourth-order valence-electron chi connectivity index (χ4n) is 0.408. The summed E-state index contributed by atoms with van der Waals surface area (Å²) in [6.45, 7) is 0.667. The maximum atomic E-state index is 11.4. The molecule has 0 saturated carbocycles. The minimum absolute atomic E-state index is 0.351. The van der Waals surface area contributed by atoms with Gasteiger partial charge in [-0.15, -0.1) is 0 Å². The molecule has 9 heavy (non-hydrogen) atoms. The van der Waals surface area contributed by atoms with Gasteiger partial charge in [-0.3, -0.25) is 4.21 Å². The Morgan fingerprint density at radius 2 is 2.22 bits per heavy atom. The van der Waals surface area contributed by atoms with E-state index in [-0.39, 0.29) is 6.67 Å². The van der Waals surface area contributed by atoms with Gasteiger partial charge in [-0.05, 0) is 0 Å². The molecule has 0 radical (unpaired) electrons. The quantitative estimate of drug-likeness (QED) is 0.560. The lowest BCUT2D eigenvalue weighted by Crippen LogP contribution is -2.22. The van der Waals surface area contributed by atoms with Gasteiger partial charge < -0.3 is 5.32 Å². The van der Waals surface area contributed by atoms with E-state index in [1.54, 1.807) is 6.26 Å². The van der Waals surface area contributed by atoms with E-state index in [1.165, 1.54) is 0 Å². The zero-order valence-electron chi connectivity index (χ0n) is 5.52. The lowest BCUT2D eigenvalue weighted by molar-refractivity contribution is 0.472. The van der Waals surface area contributed by atoms with Gasteiger partial charge in [0.2, 0.25) is 0 Å². The van der Waals surface area contributed by atoms with Crippen LogP contribution in [0.4, 0.5) is 4.39 Å². The molecule has 0 fully saturated rings. The first-order valence-corrected chi connectivity index (χ1v) is 4.57. The van der Waals surface area contributed by atoms with Gasteiger partial charge >= 0.3 is 0 Å². The van der Waals surface area contributed by atoms with Crippen molar-refractivity contribution in [3.8, 4) is 0 Å². The van der Waals surface area contributed by atoms with Crippen molar-refractivity contribution in [1.29, 1.82) is 0 Å². The van der Waals surface area contributed by atoms with Crippen LogP contribution in [-0.4, -0.2) is 36.0 Å². The van der Waals surface area contributed by atoms with Crippen LogP contribution < -0.4 is 5.32 Å². The molecular weight excluding hydrogens is 141 g/mol. The second-order valence-electron chi connectivity index (χ2n) is 1.72. The lowest BCUT2D eigenvalue weighted by Gasteiger charge is -1.97. The van der Waals surface area contributed by atoms with Gasteiger partial charge in [0.25, 0.3) is 0 Å². The molecule has 1 atom stereocenters. The number of hydrogen-bond acceptors (Lipinski definition) is 2. The Morgan fingerprint density at radius 3 is 2.67 bits per heavy atom. The molecule has 0 rings (SSSR count). The predicted molar refractivity (Wildman–Crippen MR) is 37.8 cm³/mol. The molecule has 0 aromatic carbocycles. The number of hydrogen-bond donors (Lipinski definition) is 1. The molecule has 0 aliphatic rings. The molecular formula is C5H12FNOS. The zero-order valence-corrected chi connectivity index (χ0v) is 6.34. The van der Waals surface area contributed by atoms with E-state index in [4.69, 9.17) is 0 Å². The van der Waals surface area contributed by atoms with Gasteiger partial charge in [-0.1, -0.05) is 0 Å². The largest absolute Gasteiger partial charge is 0.313 e. The van der Waals surface area contributed by atoms with Crippen LogP contribution in [0.25, 0.3) is 0 Å². The van der Waals surface area contributed by atoms with Crippen LogP contribution in [0.2, 0.25) is 0 Å². The van der Waals surface area contributed by atoms with E-state index < -0.39 is 10.8 Å². The maximum Gasteiger partial charge on any atom is 0.102 e. The molecule has 4 heteroatoms. The summed E-state index contributed by atoms with van der Waals surface area (Å²) in [5, 5.41) is 2.80. The van der Waals surface area contributed by atoms with Gasteiger partial charge in [0.05, 0.1) is 0 Å². The van der Waals surface area contributed by atoms with Crippen LogP contribution in [0.15, 0.2) is 0 Å². The fraction of sp³-hybridized carbons (Fsp3) is 1.00. The minimum Gasteiger partial charge on any atom is -0.313 e. The highest BCUT2D eigenvalue weighted by Gasteiger charge is 1.88. The normalized spacial score (nSPS) is 13.6. The molecule has 0 saturated heterocycles. The van der Waals surface area contributed by atoms with E-state index in [0.717, 1.165) is 0 Å². The van der Waals surface area contributed by atoms with Crippen LogP contribution in [0.1, 0.15) is 0 Å². The van der Waals surface area contributed by atoms with Crippen LogP contribution in [-0.2, 0) is 10.8 Å². The van der Waals surface area contributed by atoms with E-state index in [9.17, 15) is 8.60 Å². The van der Waals surface area contributed by atoms with Crippen molar-refractivity contribution >= 4 is 10.8 Å². The summed E-state index contributed by atoms with van der Waals surface area (Å²) >= 11 is 0. The molecule has 0 aliphatic carbocycles. The Balaban J connectivity index is 2.83. The highest BCUT2D eigenvalue weighted by Crippen LogP contribution is 1.71. The average molecular weight is 153 g/mol. The number of rotatable bonds is 5. The van der Waals surface area contributed by atoms with Gasteiger partial charge in [-0.2, -0.15) is 0 Å². The molecule has 0 amide bonds. The number of alkyl halides is 1. The maximum absolute atomic E-state index is 11.4. The van der Waals surface area contributed by atoms with Crippen molar-refractivity contribution < 1.29 is 8.60 Å². The molecule has 2 nitrogen and oxygen atoms in total. The van der Waals surface area contributed by atoms with Crippen LogP contribution in [0.5, 0.6) is 0 Å². The SMILES string of the molecule is CS(=O)CCNCCF. The second kappa shape index (κ2) is 6.16. The Labute approximate surface area is 57.3 Å². The van der Waals surface area contributed by atoms with Crippen molar-refractivity contribution in [3.63, 3.8) is 0 Å². The smallest absolute Gasteiger partial charge is 0.102 e. The summed E-state index contributed by atoms with van der Waals surface area (Å²) in [5.74, 6) is 0.611. The molecule has 1 N–H and O–H groups in total. The third kappa shape index (κ3) is 8.04. The monoisotopic (exact) mass is 153 g/mol. The second-order valence-corrected chi connectivity index (χ2v) is 3.27. The van der Waals surface area contributed by atoms with E-state index in [2.05, 4.69) is 5.32 Å². The fourth-order valence-corrected chi connectivity index (χ4v) is 0.840. The van der Waals surface area contributed by atoms with Gasteiger partial charge in [0.1, 0.15) is 6.67 Å². The summed E-state index contributed by atoms with van der Waals surface area (Å²) in [6.07, 6.45) is 1.64. The first-order chi connectivity index (χ1) is 4.27. The molecule has 0 aromatic heterocycles. The van der Waals surface area contributed by atoms with Crippen molar-refractivity contribution in [2.75, 3.05) is 31.8 Å². The van der Waals surface area contributed by atoms with Crippen LogP contribution in [0.3, 0.4) is 0 Å². The first-order valence-electron chi connectivity index (χ1n) is 2.84. The molecule has 0 bridgehead atoms. The zero-order chi connectivity index (χ0) is 7.11. The minimum atomic E-state index is -0.754. The molecule has 0 heterocycles. The van der Waals surface area contributed by atoms with E-state index >= 15 is 0 Å². The topological polar surface area (TPSA) is 29.1 Å². The summed E-state index contributed by atoms with van der Waals surface area (Å²) in [4.78, 5) is 0. The molecule has 56 valence electrons. The molecule has 0 aromatic rings. The van der Waals surface area contributed by atoms with Crippen molar-refractivity contribution in [2.24, 2.45) is 0 Å². The Kier molecular flexibility index (Phi) is 6.19. The van der Waals surface area contributed by atoms with Crippen molar-refractivity contribution in [3.05, 3.63) is 0 Å².